The van der Waals surface area contributed by atoms with Crippen LogP contribution in [0.5, 0.6) is 0 Å². The molecule has 2 rings (SSSR count). The lowest BCUT2D eigenvalue weighted by molar-refractivity contribution is 0.0660. The van der Waals surface area contributed by atoms with Crippen LogP contribution in [-0.4, -0.2) is 15.6 Å². The van der Waals surface area contributed by atoms with Gasteiger partial charge in [0.25, 0.3) is 0 Å². The van der Waals surface area contributed by atoms with Crippen LogP contribution >= 0.6 is 0 Å². The van der Waals surface area contributed by atoms with E-state index < -0.39 is 5.97 Å². The van der Waals surface area contributed by atoms with E-state index in [9.17, 15) is 9.59 Å². The largest absolute Gasteiger partial charge is 0.475 e. The normalized spacial score (nSPS) is 10.3. The SMILES string of the molecule is Cn1cc(NCc2ccc(C(=O)O)o2)ccc1=O. The van der Waals surface area contributed by atoms with Crippen LogP contribution in [0.15, 0.2) is 39.7 Å². The summed E-state index contributed by atoms with van der Waals surface area (Å²) >= 11 is 0. The highest BCUT2D eigenvalue weighted by Gasteiger charge is 2.08. The van der Waals surface area contributed by atoms with E-state index in [-0.39, 0.29) is 11.3 Å². The van der Waals surface area contributed by atoms with Crippen molar-refractivity contribution in [2.45, 2.75) is 6.54 Å². The zero-order valence-electron chi connectivity index (χ0n) is 9.71. The van der Waals surface area contributed by atoms with Crippen molar-refractivity contribution in [1.29, 1.82) is 0 Å². The van der Waals surface area contributed by atoms with Gasteiger partial charge in [-0.05, 0) is 18.2 Å². The Balaban J connectivity index is 2.04. The van der Waals surface area contributed by atoms with Crippen molar-refractivity contribution in [3.8, 4) is 0 Å². The van der Waals surface area contributed by atoms with Crippen LogP contribution in [0, 0.1) is 0 Å². The molecule has 0 unspecified atom stereocenters. The third-order valence-corrected chi connectivity index (χ3v) is 2.43. The summed E-state index contributed by atoms with van der Waals surface area (Å²) in [7, 11) is 1.66. The van der Waals surface area contributed by atoms with Gasteiger partial charge in [0, 0.05) is 19.3 Å². The first-order chi connectivity index (χ1) is 8.56. The first kappa shape index (κ1) is 12.0. The van der Waals surface area contributed by atoms with Crippen molar-refractivity contribution in [1.82, 2.24) is 4.57 Å². The van der Waals surface area contributed by atoms with Gasteiger partial charge in [-0.25, -0.2) is 4.79 Å². The maximum absolute atomic E-state index is 11.2. The molecule has 6 heteroatoms. The molecule has 2 aromatic rings. The number of carboxylic acid groups (broad SMARTS) is 1. The second kappa shape index (κ2) is 4.79. The predicted molar refractivity (Wildman–Crippen MR) is 64.7 cm³/mol. The molecule has 0 atom stereocenters. The highest BCUT2D eigenvalue weighted by Crippen LogP contribution is 2.10. The first-order valence-corrected chi connectivity index (χ1v) is 5.29. The Labute approximate surface area is 102 Å². The van der Waals surface area contributed by atoms with E-state index in [2.05, 4.69) is 5.32 Å². The van der Waals surface area contributed by atoms with Crippen molar-refractivity contribution in [3.63, 3.8) is 0 Å². The Bertz CT molecular complexity index is 627. The van der Waals surface area contributed by atoms with Gasteiger partial charge >= 0.3 is 5.97 Å². The molecule has 18 heavy (non-hydrogen) atoms. The summed E-state index contributed by atoms with van der Waals surface area (Å²) in [5, 5.41) is 11.7. The third kappa shape index (κ3) is 2.60. The molecule has 0 fully saturated rings. The number of pyridine rings is 1. The van der Waals surface area contributed by atoms with Crippen LogP contribution < -0.4 is 10.9 Å². The van der Waals surface area contributed by atoms with Crippen LogP contribution in [0.3, 0.4) is 0 Å². The number of rotatable bonds is 4. The summed E-state index contributed by atoms with van der Waals surface area (Å²) in [5.41, 5.74) is 0.664. The van der Waals surface area contributed by atoms with Crippen LogP contribution in [0.2, 0.25) is 0 Å². The highest BCUT2D eigenvalue weighted by atomic mass is 16.4. The van der Waals surface area contributed by atoms with E-state index in [0.29, 0.717) is 12.3 Å². The van der Waals surface area contributed by atoms with Gasteiger partial charge in [0.05, 0.1) is 12.2 Å². The number of aromatic nitrogens is 1. The second-order valence-electron chi connectivity index (χ2n) is 3.79. The van der Waals surface area contributed by atoms with E-state index in [4.69, 9.17) is 9.52 Å². The van der Waals surface area contributed by atoms with Crippen molar-refractivity contribution in [2.75, 3.05) is 5.32 Å². The summed E-state index contributed by atoms with van der Waals surface area (Å²) in [6.45, 7) is 0.353. The standard InChI is InChI=1S/C12H12N2O4/c1-14-7-8(2-5-11(14)15)13-6-9-3-4-10(18-9)12(16)17/h2-5,7,13H,6H2,1H3,(H,16,17). The van der Waals surface area contributed by atoms with Crippen LogP contribution in [-0.2, 0) is 13.6 Å². The van der Waals surface area contributed by atoms with Crippen molar-refractivity contribution in [3.05, 3.63) is 52.3 Å². The van der Waals surface area contributed by atoms with Gasteiger partial charge in [-0.3, -0.25) is 4.79 Å². The fourth-order valence-electron chi connectivity index (χ4n) is 1.48. The fraction of sp³-hybridized carbons (Fsp3) is 0.167. The molecule has 0 radical (unpaired) electrons. The third-order valence-electron chi connectivity index (χ3n) is 2.43. The van der Waals surface area contributed by atoms with Gasteiger partial charge in [0.1, 0.15) is 5.76 Å². The smallest absolute Gasteiger partial charge is 0.371 e. The number of nitrogens with one attached hydrogen (secondary N) is 1. The van der Waals surface area contributed by atoms with Gasteiger partial charge in [0.2, 0.25) is 11.3 Å². The first-order valence-electron chi connectivity index (χ1n) is 5.29. The van der Waals surface area contributed by atoms with E-state index in [1.54, 1.807) is 25.4 Å². The number of aryl methyl sites for hydroxylation is 1. The van der Waals surface area contributed by atoms with Gasteiger partial charge in [-0.1, -0.05) is 0 Å². The molecule has 6 nitrogen and oxygen atoms in total. The summed E-state index contributed by atoms with van der Waals surface area (Å²) in [6.07, 6.45) is 1.66. The fourth-order valence-corrected chi connectivity index (χ4v) is 1.48. The molecule has 94 valence electrons. The van der Waals surface area contributed by atoms with Crippen LogP contribution in [0.4, 0.5) is 5.69 Å². The minimum Gasteiger partial charge on any atom is -0.475 e. The van der Waals surface area contributed by atoms with Crippen molar-refractivity contribution in [2.24, 2.45) is 7.05 Å². The molecule has 0 aliphatic carbocycles. The number of hydrogen-bond donors (Lipinski definition) is 2. The number of furan rings is 1. The molecular formula is C12H12N2O4. The maximum Gasteiger partial charge on any atom is 0.371 e. The lowest BCUT2D eigenvalue weighted by Gasteiger charge is -2.05. The van der Waals surface area contributed by atoms with Gasteiger partial charge < -0.3 is 19.4 Å². The molecule has 0 amide bonds. The Morgan fingerprint density at radius 2 is 2.17 bits per heavy atom. The zero-order valence-corrected chi connectivity index (χ0v) is 9.71. The van der Waals surface area contributed by atoms with E-state index in [1.807, 2.05) is 0 Å². The van der Waals surface area contributed by atoms with E-state index in [1.165, 1.54) is 16.7 Å². The molecule has 0 saturated carbocycles. The quantitative estimate of drug-likeness (QED) is 0.851. The minimum absolute atomic E-state index is 0.0905. The molecule has 0 aliphatic rings. The second-order valence-corrected chi connectivity index (χ2v) is 3.79. The minimum atomic E-state index is -1.09. The molecule has 0 aliphatic heterocycles. The summed E-state index contributed by atoms with van der Waals surface area (Å²) in [5.74, 6) is -0.670. The van der Waals surface area contributed by atoms with E-state index in [0.717, 1.165) is 5.69 Å². The molecule has 0 saturated heterocycles. The maximum atomic E-state index is 11.2. The summed E-state index contributed by atoms with van der Waals surface area (Å²) in [6, 6.07) is 6.11. The number of hydrogen-bond acceptors (Lipinski definition) is 4. The zero-order chi connectivity index (χ0) is 13.1. The Kier molecular flexibility index (Phi) is 3.18. The Morgan fingerprint density at radius 1 is 1.39 bits per heavy atom. The van der Waals surface area contributed by atoms with Gasteiger partial charge in [-0.2, -0.15) is 0 Å². The molecule has 2 aromatic heterocycles. The van der Waals surface area contributed by atoms with Crippen LogP contribution in [0.1, 0.15) is 16.3 Å². The topological polar surface area (TPSA) is 84.5 Å². The highest BCUT2D eigenvalue weighted by molar-refractivity contribution is 5.84. The average Bonchev–Trinajstić information content (AvgIpc) is 2.79. The molecule has 0 spiro atoms. The number of anilines is 1. The number of nitrogens with zero attached hydrogens (tertiary/aromatic N) is 1. The van der Waals surface area contributed by atoms with E-state index >= 15 is 0 Å². The lowest BCUT2D eigenvalue weighted by atomic mass is 10.3. The monoisotopic (exact) mass is 248 g/mol. The molecule has 0 aromatic carbocycles. The number of aromatic carboxylic acids is 1. The molecule has 2 N–H and O–H groups in total. The van der Waals surface area contributed by atoms with Crippen molar-refractivity contribution < 1.29 is 14.3 Å². The lowest BCUT2D eigenvalue weighted by Crippen LogP contribution is -2.15. The van der Waals surface area contributed by atoms with Crippen molar-refractivity contribution >= 4 is 11.7 Å². The van der Waals surface area contributed by atoms with Crippen LogP contribution in [0.25, 0.3) is 0 Å². The Hall–Kier alpha value is -2.50. The summed E-state index contributed by atoms with van der Waals surface area (Å²) < 4.78 is 6.54. The predicted octanol–water partition coefficient (Wildman–Crippen LogP) is 1.29. The molecule has 0 bridgehead atoms. The average molecular weight is 248 g/mol. The van der Waals surface area contributed by atoms with Gasteiger partial charge in [0.15, 0.2) is 0 Å². The Morgan fingerprint density at radius 3 is 2.78 bits per heavy atom. The number of carbonyl (C=O) groups is 1. The molecular weight excluding hydrogens is 236 g/mol. The molecule has 2 heterocycles. The van der Waals surface area contributed by atoms with Gasteiger partial charge in [-0.15, -0.1) is 0 Å². The number of carboxylic acids is 1. The summed E-state index contributed by atoms with van der Waals surface area (Å²) in [4.78, 5) is 21.8.